The lowest BCUT2D eigenvalue weighted by molar-refractivity contribution is -0.126. The highest BCUT2D eigenvalue weighted by Crippen LogP contribution is 2.35. The van der Waals surface area contributed by atoms with E-state index in [2.05, 4.69) is 35.6 Å². The topological polar surface area (TPSA) is 55.1 Å². The van der Waals surface area contributed by atoms with Crippen molar-refractivity contribution in [2.24, 2.45) is 11.7 Å². The van der Waals surface area contributed by atoms with Gasteiger partial charge in [0, 0.05) is 12.5 Å². The fraction of sp³-hybridized carbons (Fsp3) is 0.588. The van der Waals surface area contributed by atoms with Crippen LogP contribution in [0.15, 0.2) is 30.3 Å². The SMILES string of the molecule is NCCCCNC(=O)C1CCC(c2ccccc2)CC1. The number of nitrogens with two attached hydrogens (primary N) is 1. The summed E-state index contributed by atoms with van der Waals surface area (Å²) in [5, 5.41) is 3.05. The predicted molar refractivity (Wildman–Crippen MR) is 82.4 cm³/mol. The second-order valence-corrected chi connectivity index (χ2v) is 5.75. The quantitative estimate of drug-likeness (QED) is 0.784. The smallest absolute Gasteiger partial charge is 0.223 e. The molecule has 0 atom stereocenters. The third kappa shape index (κ3) is 4.34. The summed E-state index contributed by atoms with van der Waals surface area (Å²) in [7, 11) is 0. The normalized spacial score (nSPS) is 22.4. The Morgan fingerprint density at radius 1 is 1.10 bits per heavy atom. The van der Waals surface area contributed by atoms with Gasteiger partial charge in [-0.2, -0.15) is 0 Å². The van der Waals surface area contributed by atoms with Gasteiger partial charge in [0.2, 0.25) is 5.91 Å². The average Bonchev–Trinajstić information content (AvgIpc) is 2.52. The molecule has 0 unspecified atom stereocenters. The Bertz CT molecular complexity index is 397. The highest BCUT2D eigenvalue weighted by Gasteiger charge is 2.26. The lowest BCUT2D eigenvalue weighted by Gasteiger charge is -2.28. The van der Waals surface area contributed by atoms with Gasteiger partial charge in [0.05, 0.1) is 0 Å². The van der Waals surface area contributed by atoms with Gasteiger partial charge in [-0.05, 0) is 56.6 Å². The van der Waals surface area contributed by atoms with E-state index in [9.17, 15) is 4.79 Å². The average molecular weight is 274 g/mol. The van der Waals surface area contributed by atoms with Crippen LogP contribution in [0.4, 0.5) is 0 Å². The van der Waals surface area contributed by atoms with Crippen molar-refractivity contribution < 1.29 is 4.79 Å². The molecule has 0 saturated heterocycles. The molecular formula is C17H26N2O. The van der Waals surface area contributed by atoms with Crippen LogP contribution >= 0.6 is 0 Å². The van der Waals surface area contributed by atoms with E-state index < -0.39 is 0 Å². The van der Waals surface area contributed by atoms with Crippen LogP contribution in [0, 0.1) is 5.92 Å². The van der Waals surface area contributed by atoms with Crippen molar-refractivity contribution >= 4 is 5.91 Å². The fourth-order valence-corrected chi connectivity index (χ4v) is 3.04. The molecule has 0 aliphatic heterocycles. The van der Waals surface area contributed by atoms with Gasteiger partial charge in [0.25, 0.3) is 0 Å². The Morgan fingerprint density at radius 3 is 2.45 bits per heavy atom. The molecule has 0 bridgehead atoms. The van der Waals surface area contributed by atoms with E-state index in [1.54, 1.807) is 0 Å². The molecule has 0 aromatic heterocycles. The molecule has 0 heterocycles. The Kier molecular flexibility index (Phi) is 6.06. The number of nitrogens with one attached hydrogen (secondary N) is 1. The van der Waals surface area contributed by atoms with Crippen LogP contribution in [0.3, 0.4) is 0 Å². The first-order chi connectivity index (χ1) is 9.81. The molecule has 1 aromatic carbocycles. The first kappa shape index (κ1) is 15.0. The molecule has 3 N–H and O–H groups in total. The number of rotatable bonds is 6. The summed E-state index contributed by atoms with van der Waals surface area (Å²) < 4.78 is 0. The van der Waals surface area contributed by atoms with Crippen molar-refractivity contribution in [2.45, 2.75) is 44.4 Å². The molecule has 1 fully saturated rings. The van der Waals surface area contributed by atoms with E-state index in [0.29, 0.717) is 12.5 Å². The third-order valence-electron chi connectivity index (χ3n) is 4.30. The minimum atomic E-state index is 0.216. The van der Waals surface area contributed by atoms with Crippen molar-refractivity contribution in [1.29, 1.82) is 0 Å². The van der Waals surface area contributed by atoms with Crippen molar-refractivity contribution in [3.05, 3.63) is 35.9 Å². The van der Waals surface area contributed by atoms with Gasteiger partial charge in [0.1, 0.15) is 0 Å². The molecule has 1 aromatic rings. The van der Waals surface area contributed by atoms with Gasteiger partial charge >= 0.3 is 0 Å². The molecule has 1 aliphatic carbocycles. The number of carbonyl (C=O) groups is 1. The third-order valence-corrected chi connectivity index (χ3v) is 4.30. The van der Waals surface area contributed by atoms with Crippen LogP contribution in [-0.2, 0) is 4.79 Å². The van der Waals surface area contributed by atoms with Gasteiger partial charge in [0.15, 0.2) is 0 Å². The summed E-state index contributed by atoms with van der Waals surface area (Å²) in [6.07, 6.45) is 6.27. The lowest BCUT2D eigenvalue weighted by Crippen LogP contribution is -2.33. The summed E-state index contributed by atoms with van der Waals surface area (Å²) in [6, 6.07) is 10.7. The first-order valence-corrected chi connectivity index (χ1v) is 7.84. The molecule has 20 heavy (non-hydrogen) atoms. The Balaban J connectivity index is 1.72. The Labute approximate surface area is 121 Å². The zero-order valence-corrected chi connectivity index (χ0v) is 12.2. The summed E-state index contributed by atoms with van der Waals surface area (Å²) in [5.74, 6) is 1.10. The number of hydrogen-bond acceptors (Lipinski definition) is 2. The summed E-state index contributed by atoms with van der Waals surface area (Å²) in [5.41, 5.74) is 6.87. The lowest BCUT2D eigenvalue weighted by atomic mass is 9.78. The van der Waals surface area contributed by atoms with Crippen LogP contribution in [0.2, 0.25) is 0 Å². The van der Waals surface area contributed by atoms with Crippen molar-refractivity contribution in [3.8, 4) is 0 Å². The van der Waals surface area contributed by atoms with Crippen molar-refractivity contribution in [2.75, 3.05) is 13.1 Å². The van der Waals surface area contributed by atoms with E-state index in [4.69, 9.17) is 5.73 Å². The van der Waals surface area contributed by atoms with Crippen LogP contribution < -0.4 is 11.1 Å². The molecule has 3 heteroatoms. The Hall–Kier alpha value is -1.35. The standard InChI is InChI=1S/C17H26N2O/c18-12-4-5-13-19-17(20)16-10-8-15(9-11-16)14-6-2-1-3-7-14/h1-3,6-7,15-16H,4-5,8-13,18H2,(H,19,20). The van der Waals surface area contributed by atoms with E-state index in [-0.39, 0.29) is 11.8 Å². The van der Waals surface area contributed by atoms with Gasteiger partial charge in [-0.1, -0.05) is 30.3 Å². The minimum Gasteiger partial charge on any atom is -0.356 e. The maximum atomic E-state index is 12.1. The predicted octanol–water partition coefficient (Wildman–Crippen LogP) is 2.82. The Morgan fingerprint density at radius 2 is 1.80 bits per heavy atom. The number of hydrogen-bond donors (Lipinski definition) is 2. The maximum Gasteiger partial charge on any atom is 0.223 e. The van der Waals surface area contributed by atoms with Crippen LogP contribution in [0.5, 0.6) is 0 Å². The van der Waals surface area contributed by atoms with E-state index in [1.807, 2.05) is 0 Å². The fourth-order valence-electron chi connectivity index (χ4n) is 3.04. The van der Waals surface area contributed by atoms with E-state index in [1.165, 1.54) is 5.56 Å². The molecule has 2 rings (SSSR count). The highest BCUT2D eigenvalue weighted by molar-refractivity contribution is 5.78. The molecule has 1 saturated carbocycles. The highest BCUT2D eigenvalue weighted by atomic mass is 16.1. The van der Waals surface area contributed by atoms with E-state index in [0.717, 1.165) is 45.1 Å². The first-order valence-electron chi connectivity index (χ1n) is 7.84. The maximum absolute atomic E-state index is 12.1. The summed E-state index contributed by atoms with van der Waals surface area (Å²) >= 11 is 0. The van der Waals surface area contributed by atoms with Crippen LogP contribution in [0.1, 0.15) is 50.0 Å². The van der Waals surface area contributed by atoms with Crippen molar-refractivity contribution in [3.63, 3.8) is 0 Å². The summed E-state index contributed by atoms with van der Waals surface area (Å²) in [4.78, 5) is 12.1. The van der Waals surface area contributed by atoms with E-state index >= 15 is 0 Å². The zero-order valence-electron chi connectivity index (χ0n) is 12.2. The molecule has 1 amide bonds. The second kappa shape index (κ2) is 8.05. The van der Waals surface area contributed by atoms with Gasteiger partial charge in [-0.25, -0.2) is 0 Å². The molecule has 3 nitrogen and oxygen atoms in total. The van der Waals surface area contributed by atoms with Gasteiger partial charge < -0.3 is 11.1 Å². The van der Waals surface area contributed by atoms with Crippen LogP contribution in [-0.4, -0.2) is 19.0 Å². The van der Waals surface area contributed by atoms with Crippen molar-refractivity contribution in [1.82, 2.24) is 5.32 Å². The molecule has 1 aliphatic rings. The molecule has 0 spiro atoms. The van der Waals surface area contributed by atoms with Gasteiger partial charge in [-0.3, -0.25) is 4.79 Å². The largest absolute Gasteiger partial charge is 0.356 e. The van der Waals surface area contributed by atoms with Crippen LogP contribution in [0.25, 0.3) is 0 Å². The molecular weight excluding hydrogens is 248 g/mol. The number of unbranched alkanes of at least 4 members (excludes halogenated alkanes) is 1. The summed E-state index contributed by atoms with van der Waals surface area (Å²) in [6.45, 7) is 1.48. The zero-order chi connectivity index (χ0) is 14.2. The number of benzene rings is 1. The number of carbonyl (C=O) groups excluding carboxylic acids is 1. The molecule has 0 radical (unpaired) electrons. The second-order valence-electron chi connectivity index (χ2n) is 5.75. The number of amides is 1. The minimum absolute atomic E-state index is 0.216. The van der Waals surface area contributed by atoms with Gasteiger partial charge in [-0.15, -0.1) is 0 Å². The monoisotopic (exact) mass is 274 g/mol. The molecule has 110 valence electrons.